The third kappa shape index (κ3) is 2.59. The summed E-state index contributed by atoms with van der Waals surface area (Å²) >= 11 is 12.6. The summed E-state index contributed by atoms with van der Waals surface area (Å²) < 4.78 is 2.96. The van der Waals surface area contributed by atoms with E-state index >= 15 is 0 Å². The Morgan fingerprint density at radius 2 is 2.00 bits per heavy atom. The Kier molecular flexibility index (Phi) is 3.43. The summed E-state index contributed by atoms with van der Waals surface area (Å²) in [6.07, 6.45) is 0. The fourth-order valence-corrected chi connectivity index (χ4v) is 2.35. The first-order chi connectivity index (χ1) is 7.16. The van der Waals surface area contributed by atoms with Crippen molar-refractivity contribution in [2.75, 3.05) is 0 Å². The third-order valence-corrected chi connectivity index (χ3v) is 3.17. The van der Waals surface area contributed by atoms with E-state index in [0.717, 1.165) is 10.6 Å². The van der Waals surface area contributed by atoms with E-state index in [4.69, 9.17) is 11.6 Å². The molecule has 0 N–H and O–H groups in total. The number of nitrogens with zero attached hydrogens (tertiary/aromatic N) is 3. The maximum absolute atomic E-state index is 6.04. The number of halogens is 3. The van der Waals surface area contributed by atoms with E-state index < -0.39 is 0 Å². The van der Waals surface area contributed by atoms with Gasteiger partial charge in [0.15, 0.2) is 4.73 Å². The highest BCUT2D eigenvalue weighted by Gasteiger charge is 2.07. The average Bonchev–Trinajstić information content (AvgIpc) is 2.49. The monoisotopic (exact) mass is 349 g/mol. The van der Waals surface area contributed by atoms with Crippen LogP contribution in [0, 0.1) is 0 Å². The van der Waals surface area contributed by atoms with E-state index in [1.807, 2.05) is 24.3 Å². The summed E-state index contributed by atoms with van der Waals surface area (Å²) in [5.74, 6) is 0. The Labute approximate surface area is 109 Å². The van der Waals surface area contributed by atoms with Gasteiger partial charge >= 0.3 is 0 Å². The van der Waals surface area contributed by atoms with Crippen molar-refractivity contribution in [2.24, 2.45) is 0 Å². The van der Waals surface area contributed by atoms with Gasteiger partial charge in [-0.05, 0) is 43.5 Å². The largest absolute Gasteiger partial charge is 0.235 e. The van der Waals surface area contributed by atoms with Gasteiger partial charge in [0.1, 0.15) is 0 Å². The van der Waals surface area contributed by atoms with Gasteiger partial charge in [0, 0.05) is 5.02 Å². The normalized spacial score (nSPS) is 10.6. The van der Waals surface area contributed by atoms with Crippen LogP contribution in [0.4, 0.5) is 0 Å². The maximum atomic E-state index is 6.04. The standard InChI is InChI=1S/C9H6Br2ClN3/c10-8-13-9(11)15(14-8)5-6-3-1-2-4-7(6)12/h1-4H,5H2. The van der Waals surface area contributed by atoms with Crippen LogP contribution in [0.3, 0.4) is 0 Å². The molecule has 6 heteroatoms. The number of aromatic nitrogens is 3. The lowest BCUT2D eigenvalue weighted by Crippen LogP contribution is -2.02. The van der Waals surface area contributed by atoms with Crippen LogP contribution in [0.2, 0.25) is 5.02 Å². The maximum Gasteiger partial charge on any atom is 0.218 e. The molecule has 2 rings (SSSR count). The molecule has 15 heavy (non-hydrogen) atoms. The molecule has 0 saturated carbocycles. The molecule has 0 amide bonds. The van der Waals surface area contributed by atoms with E-state index in [1.54, 1.807) is 4.68 Å². The van der Waals surface area contributed by atoms with Crippen LogP contribution >= 0.6 is 43.5 Å². The summed E-state index contributed by atoms with van der Waals surface area (Å²) in [5, 5.41) is 4.90. The second kappa shape index (κ2) is 4.63. The van der Waals surface area contributed by atoms with Crippen LogP contribution in [0.25, 0.3) is 0 Å². The van der Waals surface area contributed by atoms with E-state index in [-0.39, 0.29) is 0 Å². The fraction of sp³-hybridized carbons (Fsp3) is 0.111. The van der Waals surface area contributed by atoms with Gasteiger partial charge in [-0.2, -0.15) is 4.98 Å². The van der Waals surface area contributed by atoms with Gasteiger partial charge in [0.05, 0.1) is 6.54 Å². The summed E-state index contributed by atoms with van der Waals surface area (Å²) in [6, 6.07) is 7.67. The lowest BCUT2D eigenvalue weighted by molar-refractivity contribution is 0.664. The average molecular weight is 351 g/mol. The molecule has 0 radical (unpaired) electrons. The molecule has 0 spiro atoms. The van der Waals surface area contributed by atoms with Crippen molar-refractivity contribution in [3.8, 4) is 0 Å². The van der Waals surface area contributed by atoms with Crippen LogP contribution in [0.5, 0.6) is 0 Å². The number of benzene rings is 1. The number of hydrogen-bond acceptors (Lipinski definition) is 2. The SMILES string of the molecule is Clc1ccccc1Cn1nc(Br)nc1Br. The molecule has 0 aliphatic rings. The van der Waals surface area contributed by atoms with Gasteiger partial charge in [-0.3, -0.25) is 0 Å². The zero-order chi connectivity index (χ0) is 10.8. The van der Waals surface area contributed by atoms with Gasteiger partial charge in [-0.1, -0.05) is 29.8 Å². The van der Waals surface area contributed by atoms with Crippen LogP contribution in [-0.4, -0.2) is 14.8 Å². The van der Waals surface area contributed by atoms with Crippen LogP contribution in [-0.2, 0) is 6.54 Å². The molecular weight excluding hydrogens is 345 g/mol. The summed E-state index contributed by atoms with van der Waals surface area (Å²) in [7, 11) is 0. The van der Waals surface area contributed by atoms with Crippen molar-refractivity contribution in [1.29, 1.82) is 0 Å². The Morgan fingerprint density at radius 1 is 1.27 bits per heavy atom. The van der Waals surface area contributed by atoms with Crippen LogP contribution < -0.4 is 0 Å². The van der Waals surface area contributed by atoms with Crippen molar-refractivity contribution in [3.63, 3.8) is 0 Å². The van der Waals surface area contributed by atoms with E-state index in [0.29, 0.717) is 16.0 Å². The molecule has 1 aromatic carbocycles. The molecule has 0 aliphatic carbocycles. The molecule has 1 aromatic heterocycles. The topological polar surface area (TPSA) is 30.7 Å². The molecule has 2 aromatic rings. The second-order valence-electron chi connectivity index (χ2n) is 2.90. The highest BCUT2D eigenvalue weighted by molar-refractivity contribution is 9.11. The predicted molar refractivity (Wildman–Crippen MR) is 66.0 cm³/mol. The van der Waals surface area contributed by atoms with E-state index in [9.17, 15) is 0 Å². The molecule has 0 bridgehead atoms. The molecule has 0 fully saturated rings. The van der Waals surface area contributed by atoms with Crippen LogP contribution in [0.15, 0.2) is 33.7 Å². The Bertz CT molecular complexity index is 484. The molecule has 0 aliphatic heterocycles. The van der Waals surface area contributed by atoms with Gasteiger partial charge in [-0.15, -0.1) is 5.10 Å². The predicted octanol–water partition coefficient (Wildman–Crippen LogP) is 3.50. The molecular formula is C9H6Br2ClN3. The minimum absolute atomic E-state index is 0.557. The summed E-state index contributed by atoms with van der Waals surface area (Å²) in [6.45, 7) is 0.596. The molecule has 0 atom stereocenters. The van der Waals surface area contributed by atoms with Gasteiger partial charge < -0.3 is 0 Å². The van der Waals surface area contributed by atoms with Gasteiger partial charge in [0.25, 0.3) is 0 Å². The zero-order valence-corrected chi connectivity index (χ0v) is 11.4. The summed E-state index contributed by atoms with van der Waals surface area (Å²) in [5.41, 5.74) is 1.01. The first kappa shape index (κ1) is 11.1. The molecule has 1 heterocycles. The minimum atomic E-state index is 0.557. The second-order valence-corrected chi connectivity index (χ2v) is 4.72. The van der Waals surface area contributed by atoms with Gasteiger partial charge in [0.2, 0.25) is 4.73 Å². The van der Waals surface area contributed by atoms with Gasteiger partial charge in [-0.25, -0.2) is 4.68 Å². The Morgan fingerprint density at radius 3 is 2.60 bits per heavy atom. The molecule has 78 valence electrons. The molecule has 0 saturated heterocycles. The lowest BCUT2D eigenvalue weighted by atomic mass is 10.2. The zero-order valence-electron chi connectivity index (χ0n) is 7.49. The first-order valence-electron chi connectivity index (χ1n) is 4.16. The van der Waals surface area contributed by atoms with Crippen molar-refractivity contribution in [1.82, 2.24) is 14.8 Å². The Balaban J connectivity index is 2.29. The van der Waals surface area contributed by atoms with Crippen LogP contribution in [0.1, 0.15) is 5.56 Å². The number of rotatable bonds is 2. The first-order valence-corrected chi connectivity index (χ1v) is 6.12. The van der Waals surface area contributed by atoms with Crippen molar-refractivity contribution in [2.45, 2.75) is 6.54 Å². The fourth-order valence-electron chi connectivity index (χ4n) is 1.19. The molecule has 3 nitrogen and oxygen atoms in total. The van der Waals surface area contributed by atoms with E-state index in [2.05, 4.69) is 41.9 Å². The third-order valence-electron chi connectivity index (χ3n) is 1.88. The quantitative estimate of drug-likeness (QED) is 0.829. The van der Waals surface area contributed by atoms with Crippen molar-refractivity contribution < 1.29 is 0 Å². The molecule has 0 unspecified atom stereocenters. The number of hydrogen-bond donors (Lipinski definition) is 0. The highest BCUT2D eigenvalue weighted by Crippen LogP contribution is 2.18. The minimum Gasteiger partial charge on any atom is -0.235 e. The Hall–Kier alpha value is -0.390. The van der Waals surface area contributed by atoms with E-state index in [1.165, 1.54) is 0 Å². The summed E-state index contributed by atoms with van der Waals surface area (Å²) in [4.78, 5) is 4.08. The highest BCUT2D eigenvalue weighted by atomic mass is 79.9. The van der Waals surface area contributed by atoms with Crippen molar-refractivity contribution in [3.05, 3.63) is 44.3 Å². The van der Waals surface area contributed by atoms with Crippen molar-refractivity contribution >= 4 is 43.5 Å². The lowest BCUT2D eigenvalue weighted by Gasteiger charge is -2.04. The smallest absolute Gasteiger partial charge is 0.218 e.